The summed E-state index contributed by atoms with van der Waals surface area (Å²) in [6, 6.07) is 1.44. The van der Waals surface area contributed by atoms with Gasteiger partial charge in [-0.3, -0.25) is 33.7 Å². The van der Waals surface area contributed by atoms with Crippen molar-refractivity contribution in [1.82, 2.24) is 25.4 Å². The Kier molecular flexibility index (Phi) is 12.9. The van der Waals surface area contributed by atoms with Crippen LogP contribution in [0.2, 0.25) is 0 Å². The maximum atomic E-state index is 13.0. The molecule has 0 bridgehead atoms. The van der Waals surface area contributed by atoms with Crippen LogP contribution in [0.25, 0.3) is 0 Å². The molecule has 0 aromatic carbocycles. The van der Waals surface area contributed by atoms with Gasteiger partial charge in [-0.05, 0) is 30.6 Å². The van der Waals surface area contributed by atoms with E-state index in [1.165, 1.54) is 6.07 Å². The summed E-state index contributed by atoms with van der Waals surface area (Å²) in [7, 11) is 1.77. The van der Waals surface area contributed by atoms with Crippen LogP contribution in [0.4, 0.5) is 0 Å². The highest BCUT2D eigenvalue weighted by Crippen LogP contribution is 2.30. The fraction of sp³-hybridized carbons (Fsp3) is 0.600. The number of hydrogen-bond donors (Lipinski definition) is 4. The van der Waals surface area contributed by atoms with E-state index in [1.54, 1.807) is 11.6 Å². The van der Waals surface area contributed by atoms with Crippen molar-refractivity contribution in [3.8, 4) is 5.75 Å². The van der Waals surface area contributed by atoms with Crippen LogP contribution in [0.5, 0.6) is 5.75 Å². The zero-order chi connectivity index (χ0) is 31.4. The molecule has 1 atom stereocenters. The summed E-state index contributed by atoms with van der Waals surface area (Å²) in [6.45, 7) is 8.38. The van der Waals surface area contributed by atoms with Crippen molar-refractivity contribution in [2.45, 2.75) is 79.2 Å². The number of nitrogens with zero attached hydrogens (tertiary/aromatic N) is 2. The van der Waals surface area contributed by atoms with Crippen LogP contribution < -0.4 is 21.4 Å². The van der Waals surface area contributed by atoms with Crippen LogP contribution in [0.3, 0.4) is 0 Å². The van der Waals surface area contributed by atoms with Gasteiger partial charge in [0.2, 0.25) is 23.2 Å². The molecule has 42 heavy (non-hydrogen) atoms. The number of carbonyl (C=O) groups is 5. The first-order valence-electron chi connectivity index (χ1n) is 14.6. The Morgan fingerprint density at radius 1 is 0.929 bits per heavy atom. The second kappa shape index (κ2) is 15.9. The standard InChI is InChI=1S/C30H45N5O7/c1-6-20(4)15-21-16-23(36)29(42)22(34(21)5)18-32-26(39)17-30(7-2,8-3)19-33-24(37)11-13-31-25(38)12-14-35-27(40)9-10-28(35)41/h9-10,16,20,42H,6-8,11-15,17-19H2,1-5H3,(H,31,38)(H,32,39)(H,33,37). The van der Waals surface area contributed by atoms with E-state index in [0.717, 1.165) is 29.2 Å². The van der Waals surface area contributed by atoms with Crippen LogP contribution in [0, 0.1) is 11.3 Å². The molecule has 2 heterocycles. The summed E-state index contributed by atoms with van der Waals surface area (Å²) >= 11 is 0. The molecule has 0 fully saturated rings. The van der Waals surface area contributed by atoms with Gasteiger partial charge in [0.15, 0.2) is 5.75 Å². The van der Waals surface area contributed by atoms with Crippen molar-refractivity contribution in [3.05, 3.63) is 39.8 Å². The van der Waals surface area contributed by atoms with E-state index in [9.17, 15) is 33.9 Å². The molecule has 1 unspecified atom stereocenters. The second-order valence-corrected chi connectivity index (χ2v) is 11.0. The molecule has 1 aromatic rings. The third-order valence-electron chi connectivity index (χ3n) is 8.18. The fourth-order valence-corrected chi connectivity index (χ4v) is 4.73. The van der Waals surface area contributed by atoms with Crippen molar-refractivity contribution in [2.24, 2.45) is 18.4 Å². The van der Waals surface area contributed by atoms with E-state index in [2.05, 4.69) is 29.8 Å². The highest BCUT2D eigenvalue weighted by molar-refractivity contribution is 6.13. The third-order valence-corrected chi connectivity index (χ3v) is 8.18. The lowest BCUT2D eigenvalue weighted by atomic mass is 9.78. The number of hydrogen-bond acceptors (Lipinski definition) is 7. The van der Waals surface area contributed by atoms with Crippen molar-refractivity contribution in [1.29, 1.82) is 0 Å². The largest absolute Gasteiger partial charge is 0.503 e. The average Bonchev–Trinajstić information content (AvgIpc) is 3.29. The second-order valence-electron chi connectivity index (χ2n) is 11.0. The summed E-state index contributed by atoms with van der Waals surface area (Å²) in [4.78, 5) is 73.9. The van der Waals surface area contributed by atoms with E-state index in [-0.39, 0.29) is 68.9 Å². The molecule has 0 spiro atoms. The monoisotopic (exact) mass is 587 g/mol. The molecule has 1 aromatic heterocycles. The van der Waals surface area contributed by atoms with Crippen LogP contribution >= 0.6 is 0 Å². The maximum Gasteiger partial charge on any atom is 0.253 e. The molecule has 12 heteroatoms. The Morgan fingerprint density at radius 2 is 1.55 bits per heavy atom. The topological polar surface area (TPSA) is 167 Å². The molecule has 2 rings (SSSR count). The molecule has 0 saturated heterocycles. The van der Waals surface area contributed by atoms with E-state index >= 15 is 0 Å². The van der Waals surface area contributed by atoms with Crippen LogP contribution in [-0.4, -0.2) is 63.7 Å². The molecule has 12 nitrogen and oxygen atoms in total. The van der Waals surface area contributed by atoms with Crippen LogP contribution in [0.1, 0.15) is 77.6 Å². The van der Waals surface area contributed by atoms with Gasteiger partial charge in [0, 0.05) is 69.9 Å². The first-order chi connectivity index (χ1) is 19.9. The lowest BCUT2D eigenvalue weighted by molar-refractivity contribution is -0.137. The van der Waals surface area contributed by atoms with E-state index < -0.39 is 22.7 Å². The molecule has 0 radical (unpaired) electrons. The Labute approximate surface area is 246 Å². The minimum absolute atomic E-state index is 0.00306. The summed E-state index contributed by atoms with van der Waals surface area (Å²) < 4.78 is 1.76. The van der Waals surface area contributed by atoms with E-state index in [1.807, 2.05) is 13.8 Å². The highest BCUT2D eigenvalue weighted by Gasteiger charge is 2.30. The number of amides is 5. The molecule has 1 aliphatic heterocycles. The number of imide groups is 1. The Bertz CT molecular complexity index is 1230. The average molecular weight is 588 g/mol. The van der Waals surface area contributed by atoms with Gasteiger partial charge in [0.1, 0.15) is 0 Å². The van der Waals surface area contributed by atoms with Crippen LogP contribution in [0.15, 0.2) is 23.0 Å². The smallest absolute Gasteiger partial charge is 0.253 e. The van der Waals surface area contributed by atoms with Crippen LogP contribution in [-0.2, 0) is 44.0 Å². The number of rotatable bonds is 17. The molecule has 0 saturated carbocycles. The number of carbonyl (C=O) groups excluding carboxylic acids is 5. The highest BCUT2D eigenvalue weighted by atomic mass is 16.3. The molecule has 232 valence electrons. The Morgan fingerprint density at radius 3 is 2.14 bits per heavy atom. The summed E-state index contributed by atoms with van der Waals surface area (Å²) in [6.07, 6.45) is 5.32. The van der Waals surface area contributed by atoms with Crippen molar-refractivity contribution >= 4 is 29.5 Å². The Hall–Kier alpha value is -3.96. The quantitative estimate of drug-likeness (QED) is 0.200. The van der Waals surface area contributed by atoms with Crippen molar-refractivity contribution in [2.75, 3.05) is 19.6 Å². The number of nitrogens with one attached hydrogen (secondary N) is 3. The summed E-state index contributed by atoms with van der Waals surface area (Å²) in [5.74, 6) is -1.84. The zero-order valence-electron chi connectivity index (χ0n) is 25.4. The molecule has 0 aliphatic carbocycles. The summed E-state index contributed by atoms with van der Waals surface area (Å²) in [5.41, 5.74) is 0.164. The van der Waals surface area contributed by atoms with Gasteiger partial charge in [-0.2, -0.15) is 0 Å². The van der Waals surface area contributed by atoms with Gasteiger partial charge in [0.25, 0.3) is 11.8 Å². The molecule has 1 aliphatic rings. The normalized spacial score (nSPS) is 13.8. The first-order valence-corrected chi connectivity index (χ1v) is 14.6. The van der Waals surface area contributed by atoms with Crippen molar-refractivity contribution in [3.63, 3.8) is 0 Å². The van der Waals surface area contributed by atoms with Gasteiger partial charge >= 0.3 is 0 Å². The van der Waals surface area contributed by atoms with E-state index in [0.29, 0.717) is 30.9 Å². The van der Waals surface area contributed by atoms with Gasteiger partial charge in [-0.25, -0.2) is 0 Å². The third kappa shape index (κ3) is 9.56. The minimum atomic E-state index is -0.502. The molecule has 4 N–H and O–H groups in total. The lowest BCUT2D eigenvalue weighted by Crippen LogP contribution is -2.41. The maximum absolute atomic E-state index is 13.0. The number of aromatic nitrogens is 1. The molecular formula is C30H45N5O7. The zero-order valence-corrected chi connectivity index (χ0v) is 25.4. The van der Waals surface area contributed by atoms with E-state index in [4.69, 9.17) is 0 Å². The first kappa shape index (κ1) is 34.2. The van der Waals surface area contributed by atoms with Gasteiger partial charge in [0.05, 0.1) is 12.2 Å². The van der Waals surface area contributed by atoms with Gasteiger partial charge < -0.3 is 25.6 Å². The number of pyridine rings is 1. The minimum Gasteiger partial charge on any atom is -0.503 e. The van der Waals surface area contributed by atoms with Crippen molar-refractivity contribution < 1.29 is 29.1 Å². The van der Waals surface area contributed by atoms with Gasteiger partial charge in [-0.15, -0.1) is 0 Å². The molecule has 5 amide bonds. The van der Waals surface area contributed by atoms with Gasteiger partial charge in [-0.1, -0.05) is 34.1 Å². The number of aromatic hydroxyl groups is 1. The fourth-order valence-electron chi connectivity index (χ4n) is 4.73. The predicted molar refractivity (Wildman–Crippen MR) is 157 cm³/mol. The molecular weight excluding hydrogens is 542 g/mol. The SMILES string of the molecule is CCC(C)Cc1cc(=O)c(O)c(CNC(=O)CC(CC)(CC)CNC(=O)CCNC(=O)CCN2C(=O)C=CC2=O)n1C. The lowest BCUT2D eigenvalue weighted by Gasteiger charge is -2.31. The predicted octanol–water partition coefficient (Wildman–Crippen LogP) is 1.43. The summed E-state index contributed by atoms with van der Waals surface area (Å²) in [5, 5.41) is 18.7. The Balaban J connectivity index is 1.85.